The maximum atomic E-state index is 12.5. The molecule has 0 aliphatic carbocycles. The first-order valence-electron chi connectivity index (χ1n) is 17.1. The summed E-state index contributed by atoms with van der Waals surface area (Å²) in [5.74, 6) is -1.41. The SMILES string of the molecule is CC/C=C\C/C=C\C/C=C\C/C=C\CCCCC(=O)OC(/C=C\C/C=C\CCCCC)CCCCCCC(=O)NCC(=O)O. The van der Waals surface area contributed by atoms with Crippen molar-refractivity contribution in [2.75, 3.05) is 6.54 Å². The smallest absolute Gasteiger partial charge is 0.322 e. The Labute approximate surface area is 268 Å². The summed E-state index contributed by atoms with van der Waals surface area (Å²) in [7, 11) is 0. The van der Waals surface area contributed by atoms with E-state index >= 15 is 0 Å². The standard InChI is InChI=1S/C38H61NO5/c1-3-5-7-9-11-13-14-15-16-17-18-19-21-23-29-33-38(43)44-35(30-26-22-20-12-10-8-6-4-2)31-27-24-25-28-32-36(40)39-34-37(41)42/h5,7,11-13,15-16,18-20,26,30,35H,3-4,6,8-10,14,17,21-25,27-29,31-34H2,1-2H3,(H,39,40)(H,41,42)/b7-5-,13-11-,16-15-,19-18-,20-12-,30-26-. The molecule has 0 heterocycles. The highest BCUT2D eigenvalue weighted by atomic mass is 16.5. The minimum Gasteiger partial charge on any atom is -0.480 e. The maximum absolute atomic E-state index is 12.5. The third kappa shape index (κ3) is 31.8. The van der Waals surface area contributed by atoms with Crippen LogP contribution in [0.15, 0.2) is 72.9 Å². The zero-order valence-corrected chi connectivity index (χ0v) is 27.7. The molecule has 0 aromatic heterocycles. The molecule has 0 aromatic carbocycles. The van der Waals surface area contributed by atoms with Gasteiger partial charge in [0, 0.05) is 12.8 Å². The summed E-state index contributed by atoms with van der Waals surface area (Å²) in [5, 5.41) is 11.0. The Kier molecular flexibility index (Phi) is 30.4. The first kappa shape index (κ1) is 40.9. The van der Waals surface area contributed by atoms with Gasteiger partial charge in [0.25, 0.3) is 0 Å². The quantitative estimate of drug-likeness (QED) is 0.0499. The Bertz CT molecular complexity index is 897. The van der Waals surface area contributed by atoms with Gasteiger partial charge in [-0.25, -0.2) is 0 Å². The molecule has 1 amide bonds. The number of hydrogen-bond acceptors (Lipinski definition) is 4. The number of amides is 1. The van der Waals surface area contributed by atoms with E-state index < -0.39 is 5.97 Å². The monoisotopic (exact) mass is 611 g/mol. The van der Waals surface area contributed by atoms with Crippen LogP contribution in [0.4, 0.5) is 0 Å². The summed E-state index contributed by atoms with van der Waals surface area (Å²) < 4.78 is 5.82. The van der Waals surface area contributed by atoms with Gasteiger partial charge in [0.2, 0.25) is 5.91 Å². The fourth-order valence-corrected chi connectivity index (χ4v) is 4.33. The number of allylic oxidation sites excluding steroid dienone is 11. The van der Waals surface area contributed by atoms with Crippen LogP contribution in [0.3, 0.4) is 0 Å². The van der Waals surface area contributed by atoms with Gasteiger partial charge in [0.05, 0.1) is 0 Å². The van der Waals surface area contributed by atoms with Gasteiger partial charge < -0.3 is 15.2 Å². The number of carboxylic acids is 1. The molecule has 0 saturated heterocycles. The molecule has 6 heteroatoms. The number of ether oxygens (including phenoxy) is 1. The molecular formula is C38H61NO5. The number of esters is 1. The van der Waals surface area contributed by atoms with E-state index in [1.165, 1.54) is 19.3 Å². The van der Waals surface area contributed by atoms with E-state index in [2.05, 4.69) is 86.0 Å². The van der Waals surface area contributed by atoms with E-state index in [0.717, 1.165) is 83.5 Å². The van der Waals surface area contributed by atoms with Crippen LogP contribution in [0, 0.1) is 0 Å². The molecule has 1 atom stereocenters. The zero-order valence-electron chi connectivity index (χ0n) is 27.7. The molecule has 0 aliphatic heterocycles. The fraction of sp³-hybridized carbons (Fsp3) is 0.605. The van der Waals surface area contributed by atoms with Gasteiger partial charge in [-0.1, -0.05) is 106 Å². The van der Waals surface area contributed by atoms with E-state index in [1.807, 2.05) is 6.08 Å². The fourth-order valence-electron chi connectivity index (χ4n) is 4.33. The number of hydrogen-bond donors (Lipinski definition) is 2. The number of aliphatic carboxylic acids is 1. The van der Waals surface area contributed by atoms with Gasteiger partial charge in [-0.15, -0.1) is 0 Å². The van der Waals surface area contributed by atoms with Crippen molar-refractivity contribution in [2.24, 2.45) is 0 Å². The predicted octanol–water partition coefficient (Wildman–Crippen LogP) is 9.89. The van der Waals surface area contributed by atoms with Crippen LogP contribution in [0.1, 0.15) is 136 Å². The highest BCUT2D eigenvalue weighted by Crippen LogP contribution is 2.13. The molecule has 44 heavy (non-hydrogen) atoms. The molecule has 0 rings (SSSR count). The summed E-state index contributed by atoms with van der Waals surface area (Å²) in [6, 6.07) is 0. The van der Waals surface area contributed by atoms with Crippen molar-refractivity contribution in [1.82, 2.24) is 5.32 Å². The minimum atomic E-state index is -1.04. The van der Waals surface area contributed by atoms with Crippen LogP contribution in [0.25, 0.3) is 0 Å². The van der Waals surface area contributed by atoms with Gasteiger partial charge in [-0.05, 0) is 89.5 Å². The summed E-state index contributed by atoms with van der Waals surface area (Å²) >= 11 is 0. The second kappa shape index (κ2) is 32.8. The number of carbonyl (C=O) groups excluding carboxylic acids is 2. The Balaban J connectivity index is 4.33. The molecule has 0 fully saturated rings. The normalized spacial score (nSPS) is 13.0. The molecule has 1 unspecified atom stereocenters. The number of nitrogens with one attached hydrogen (secondary N) is 1. The van der Waals surface area contributed by atoms with Crippen LogP contribution in [0.5, 0.6) is 0 Å². The van der Waals surface area contributed by atoms with Gasteiger partial charge in [0.1, 0.15) is 12.6 Å². The van der Waals surface area contributed by atoms with Crippen molar-refractivity contribution in [1.29, 1.82) is 0 Å². The van der Waals surface area contributed by atoms with Crippen LogP contribution in [-0.4, -0.2) is 35.6 Å². The van der Waals surface area contributed by atoms with Crippen molar-refractivity contribution in [3.8, 4) is 0 Å². The third-order valence-corrected chi connectivity index (χ3v) is 6.85. The molecular weight excluding hydrogens is 550 g/mol. The Morgan fingerprint density at radius 2 is 1.18 bits per heavy atom. The van der Waals surface area contributed by atoms with Crippen molar-refractivity contribution < 1.29 is 24.2 Å². The van der Waals surface area contributed by atoms with Gasteiger partial charge in [-0.2, -0.15) is 0 Å². The zero-order chi connectivity index (χ0) is 32.4. The molecule has 0 spiro atoms. The average Bonchev–Trinajstić information content (AvgIpc) is 3.00. The lowest BCUT2D eigenvalue weighted by Gasteiger charge is -2.14. The lowest BCUT2D eigenvalue weighted by atomic mass is 10.1. The summed E-state index contributed by atoms with van der Waals surface area (Å²) in [6.45, 7) is 4.01. The minimum absolute atomic E-state index is 0.144. The topological polar surface area (TPSA) is 92.7 Å². The molecule has 2 N–H and O–H groups in total. The Hall–Kier alpha value is -3.15. The van der Waals surface area contributed by atoms with E-state index in [9.17, 15) is 14.4 Å². The predicted molar refractivity (Wildman–Crippen MR) is 184 cm³/mol. The van der Waals surface area contributed by atoms with Crippen molar-refractivity contribution in [2.45, 2.75) is 142 Å². The summed E-state index contributed by atoms with van der Waals surface area (Å²) in [6.07, 6.45) is 43.1. The van der Waals surface area contributed by atoms with Crippen LogP contribution >= 0.6 is 0 Å². The largest absolute Gasteiger partial charge is 0.480 e. The first-order chi connectivity index (χ1) is 21.5. The van der Waals surface area contributed by atoms with Gasteiger partial charge in [0.15, 0.2) is 0 Å². The molecule has 0 bridgehead atoms. The van der Waals surface area contributed by atoms with Crippen molar-refractivity contribution >= 4 is 17.8 Å². The lowest BCUT2D eigenvalue weighted by molar-refractivity contribution is -0.147. The van der Waals surface area contributed by atoms with Gasteiger partial charge >= 0.3 is 11.9 Å². The number of carbonyl (C=O) groups is 3. The van der Waals surface area contributed by atoms with Crippen molar-refractivity contribution in [3.63, 3.8) is 0 Å². The highest BCUT2D eigenvalue weighted by Gasteiger charge is 2.11. The first-order valence-corrected chi connectivity index (χ1v) is 17.1. The van der Waals surface area contributed by atoms with Gasteiger partial charge in [-0.3, -0.25) is 14.4 Å². The van der Waals surface area contributed by atoms with Crippen LogP contribution < -0.4 is 5.32 Å². The molecule has 0 aliphatic rings. The summed E-state index contributed by atoms with van der Waals surface area (Å²) in [4.78, 5) is 34.7. The second-order valence-electron chi connectivity index (χ2n) is 11.0. The molecule has 6 nitrogen and oxygen atoms in total. The third-order valence-electron chi connectivity index (χ3n) is 6.85. The summed E-state index contributed by atoms with van der Waals surface area (Å²) in [5.41, 5.74) is 0. The number of rotatable bonds is 29. The number of carboxylic acid groups (broad SMARTS) is 1. The van der Waals surface area contributed by atoms with E-state index in [1.54, 1.807) is 0 Å². The van der Waals surface area contributed by atoms with Crippen molar-refractivity contribution in [3.05, 3.63) is 72.9 Å². The average molecular weight is 612 g/mol. The Morgan fingerprint density at radius 1 is 0.636 bits per heavy atom. The molecule has 248 valence electrons. The second-order valence-corrected chi connectivity index (χ2v) is 11.0. The van der Waals surface area contributed by atoms with E-state index in [-0.39, 0.29) is 24.5 Å². The molecule has 0 saturated carbocycles. The Morgan fingerprint density at radius 3 is 1.80 bits per heavy atom. The van der Waals surface area contributed by atoms with Crippen LogP contribution in [0.2, 0.25) is 0 Å². The molecule has 0 radical (unpaired) electrons. The van der Waals surface area contributed by atoms with E-state index in [0.29, 0.717) is 19.3 Å². The molecule has 0 aromatic rings. The number of unbranched alkanes of at least 4 members (excludes halogenated alkanes) is 8. The lowest BCUT2D eigenvalue weighted by Crippen LogP contribution is -2.28. The van der Waals surface area contributed by atoms with Crippen LogP contribution in [-0.2, 0) is 19.1 Å². The maximum Gasteiger partial charge on any atom is 0.322 e. The van der Waals surface area contributed by atoms with E-state index in [4.69, 9.17) is 9.84 Å². The highest BCUT2D eigenvalue weighted by molar-refractivity contribution is 5.80.